The number of benzene rings is 2. The molecule has 0 bridgehead atoms. The van der Waals surface area contributed by atoms with Crippen molar-refractivity contribution in [2.24, 2.45) is 0 Å². The average molecular weight is 249 g/mol. The number of hydrogen-bond donors (Lipinski definition) is 0. The van der Waals surface area contributed by atoms with Crippen molar-refractivity contribution in [2.75, 3.05) is 0 Å². The second-order valence-electron chi connectivity index (χ2n) is 4.41. The third-order valence-electron chi connectivity index (χ3n) is 3.19. The van der Waals surface area contributed by atoms with Crippen LogP contribution in [-0.4, -0.2) is 14.8 Å². The number of para-hydroxylation sites is 1. The van der Waals surface area contributed by atoms with Gasteiger partial charge in [0.1, 0.15) is 6.61 Å². The normalized spacial score (nSPS) is 12.4. The van der Waals surface area contributed by atoms with Gasteiger partial charge in [0.15, 0.2) is 5.82 Å². The van der Waals surface area contributed by atoms with Crippen LogP contribution >= 0.6 is 0 Å². The van der Waals surface area contributed by atoms with Gasteiger partial charge in [0.2, 0.25) is 0 Å². The maximum atomic E-state index is 5.64. The summed E-state index contributed by atoms with van der Waals surface area (Å²) in [5, 5.41) is 4.54. The van der Waals surface area contributed by atoms with E-state index in [0.29, 0.717) is 18.4 Å². The van der Waals surface area contributed by atoms with Crippen molar-refractivity contribution in [3.05, 3.63) is 60.2 Å². The molecule has 0 fully saturated rings. The van der Waals surface area contributed by atoms with Gasteiger partial charge in [0, 0.05) is 11.1 Å². The summed E-state index contributed by atoms with van der Waals surface area (Å²) in [4.78, 5) is 4.45. The first-order chi connectivity index (χ1) is 9.42. The van der Waals surface area contributed by atoms with Crippen molar-refractivity contribution >= 4 is 0 Å². The monoisotopic (exact) mass is 249 g/mol. The minimum atomic E-state index is 0.545. The first-order valence-electron chi connectivity index (χ1n) is 6.15. The molecule has 4 nitrogen and oxygen atoms in total. The highest BCUT2D eigenvalue weighted by Crippen LogP contribution is 2.28. The van der Waals surface area contributed by atoms with Gasteiger partial charge >= 0.3 is 6.01 Å². The molecule has 1 aromatic heterocycles. The van der Waals surface area contributed by atoms with Crippen molar-refractivity contribution in [2.45, 2.75) is 6.61 Å². The SMILES string of the molecule is c1ccc(-c2nc3n(n2)-c2ccccc2CO3)cc1. The maximum absolute atomic E-state index is 5.64. The fourth-order valence-electron chi connectivity index (χ4n) is 2.24. The molecule has 19 heavy (non-hydrogen) atoms. The van der Waals surface area contributed by atoms with Gasteiger partial charge in [-0.25, -0.2) is 0 Å². The van der Waals surface area contributed by atoms with E-state index in [-0.39, 0.29) is 0 Å². The molecule has 0 N–H and O–H groups in total. The Morgan fingerprint density at radius 3 is 2.63 bits per heavy atom. The molecule has 4 heteroatoms. The first kappa shape index (κ1) is 10.3. The highest BCUT2D eigenvalue weighted by atomic mass is 16.5. The van der Waals surface area contributed by atoms with E-state index in [1.165, 1.54) is 0 Å². The smallest absolute Gasteiger partial charge is 0.320 e. The minimum Gasteiger partial charge on any atom is -0.458 e. The van der Waals surface area contributed by atoms with Gasteiger partial charge in [0.05, 0.1) is 5.69 Å². The summed E-state index contributed by atoms with van der Waals surface area (Å²) in [5.41, 5.74) is 3.16. The number of rotatable bonds is 1. The van der Waals surface area contributed by atoms with Gasteiger partial charge in [-0.1, -0.05) is 48.5 Å². The standard InChI is InChI=1S/C15H11N3O/c1-2-6-11(7-3-1)14-16-15-18(17-14)13-9-5-4-8-12(13)10-19-15/h1-9H,10H2. The Morgan fingerprint density at radius 1 is 0.947 bits per heavy atom. The molecule has 0 saturated carbocycles. The molecule has 0 saturated heterocycles. The lowest BCUT2D eigenvalue weighted by Crippen LogP contribution is -2.12. The molecule has 0 spiro atoms. The number of nitrogens with zero attached hydrogens (tertiary/aromatic N) is 3. The lowest BCUT2D eigenvalue weighted by molar-refractivity contribution is 0.260. The highest BCUT2D eigenvalue weighted by Gasteiger charge is 2.20. The van der Waals surface area contributed by atoms with Gasteiger partial charge in [-0.15, -0.1) is 5.10 Å². The van der Waals surface area contributed by atoms with Crippen LogP contribution in [0.2, 0.25) is 0 Å². The fraction of sp³-hybridized carbons (Fsp3) is 0.0667. The predicted molar refractivity (Wildman–Crippen MR) is 71.1 cm³/mol. The Bertz CT molecular complexity index is 734. The molecule has 1 aliphatic heterocycles. The quantitative estimate of drug-likeness (QED) is 0.665. The second-order valence-corrected chi connectivity index (χ2v) is 4.41. The van der Waals surface area contributed by atoms with E-state index >= 15 is 0 Å². The highest BCUT2D eigenvalue weighted by molar-refractivity contribution is 5.56. The third-order valence-corrected chi connectivity index (χ3v) is 3.19. The van der Waals surface area contributed by atoms with Gasteiger partial charge in [-0.05, 0) is 6.07 Å². The second kappa shape index (κ2) is 3.95. The van der Waals surface area contributed by atoms with Crippen molar-refractivity contribution < 1.29 is 4.74 Å². The number of hydrogen-bond acceptors (Lipinski definition) is 3. The molecule has 0 amide bonds. The van der Waals surface area contributed by atoms with Crippen LogP contribution in [0.15, 0.2) is 54.6 Å². The molecule has 4 rings (SSSR count). The van der Waals surface area contributed by atoms with Crippen molar-refractivity contribution in [1.82, 2.24) is 14.8 Å². The fourth-order valence-corrected chi connectivity index (χ4v) is 2.24. The van der Waals surface area contributed by atoms with Crippen molar-refractivity contribution in [3.8, 4) is 23.1 Å². The zero-order valence-electron chi connectivity index (χ0n) is 10.2. The summed E-state index contributed by atoms with van der Waals surface area (Å²) in [7, 11) is 0. The Labute approximate surface area is 110 Å². The molecule has 0 unspecified atom stereocenters. The largest absolute Gasteiger partial charge is 0.458 e. The Hall–Kier alpha value is -2.62. The zero-order chi connectivity index (χ0) is 12.7. The van der Waals surface area contributed by atoms with E-state index in [1.807, 2.05) is 54.6 Å². The number of fused-ring (bicyclic) bond motifs is 3. The van der Waals surface area contributed by atoms with E-state index in [9.17, 15) is 0 Å². The Kier molecular flexibility index (Phi) is 2.14. The van der Waals surface area contributed by atoms with Crippen molar-refractivity contribution in [3.63, 3.8) is 0 Å². The summed E-state index contributed by atoms with van der Waals surface area (Å²) >= 11 is 0. The van der Waals surface area contributed by atoms with Crippen LogP contribution in [-0.2, 0) is 6.61 Å². The van der Waals surface area contributed by atoms with Crippen LogP contribution in [0.1, 0.15) is 5.56 Å². The maximum Gasteiger partial charge on any atom is 0.320 e. The summed E-state index contributed by atoms with van der Waals surface area (Å²) in [6.45, 7) is 0.545. The zero-order valence-corrected chi connectivity index (χ0v) is 10.2. The molecule has 2 aromatic carbocycles. The molecule has 2 heterocycles. The predicted octanol–water partition coefficient (Wildman–Crippen LogP) is 2.83. The Morgan fingerprint density at radius 2 is 1.74 bits per heavy atom. The number of ether oxygens (including phenoxy) is 1. The first-order valence-corrected chi connectivity index (χ1v) is 6.15. The van der Waals surface area contributed by atoms with Crippen LogP contribution in [0.4, 0.5) is 0 Å². The van der Waals surface area contributed by atoms with Crippen molar-refractivity contribution in [1.29, 1.82) is 0 Å². The summed E-state index contributed by atoms with van der Waals surface area (Å²) in [5.74, 6) is 0.687. The van der Waals surface area contributed by atoms with Crippen LogP contribution in [0.5, 0.6) is 6.01 Å². The van der Waals surface area contributed by atoms with Gasteiger partial charge in [-0.2, -0.15) is 9.67 Å². The van der Waals surface area contributed by atoms with E-state index in [0.717, 1.165) is 16.8 Å². The molecule has 0 aliphatic carbocycles. The van der Waals surface area contributed by atoms with Gasteiger partial charge in [0.25, 0.3) is 0 Å². The summed E-state index contributed by atoms with van der Waals surface area (Å²) in [6.07, 6.45) is 0. The molecular weight excluding hydrogens is 238 g/mol. The van der Waals surface area contributed by atoms with Gasteiger partial charge in [-0.3, -0.25) is 0 Å². The minimum absolute atomic E-state index is 0.545. The topological polar surface area (TPSA) is 39.9 Å². The lowest BCUT2D eigenvalue weighted by Gasteiger charge is -2.16. The third kappa shape index (κ3) is 1.61. The molecule has 1 aliphatic rings. The molecule has 92 valence electrons. The molecule has 0 radical (unpaired) electrons. The van der Waals surface area contributed by atoms with Crippen LogP contribution < -0.4 is 4.74 Å². The van der Waals surface area contributed by atoms with Crippen LogP contribution in [0, 0.1) is 0 Å². The molecule has 0 atom stereocenters. The molecule has 3 aromatic rings. The average Bonchev–Trinajstić information content (AvgIpc) is 2.93. The summed E-state index contributed by atoms with van der Waals surface area (Å²) in [6, 6.07) is 18.5. The van der Waals surface area contributed by atoms with E-state index in [4.69, 9.17) is 4.74 Å². The van der Waals surface area contributed by atoms with E-state index in [1.54, 1.807) is 4.68 Å². The number of aromatic nitrogens is 3. The van der Waals surface area contributed by atoms with Crippen LogP contribution in [0.3, 0.4) is 0 Å². The lowest BCUT2D eigenvalue weighted by atomic mass is 10.2. The Balaban J connectivity index is 1.88. The molecular formula is C15H11N3O. The van der Waals surface area contributed by atoms with Crippen LogP contribution in [0.25, 0.3) is 17.1 Å². The van der Waals surface area contributed by atoms with E-state index < -0.39 is 0 Å². The van der Waals surface area contributed by atoms with Gasteiger partial charge < -0.3 is 4.74 Å². The summed E-state index contributed by atoms with van der Waals surface area (Å²) < 4.78 is 7.41. The van der Waals surface area contributed by atoms with E-state index in [2.05, 4.69) is 10.1 Å².